The summed E-state index contributed by atoms with van der Waals surface area (Å²) in [5.74, 6) is 3.47. The summed E-state index contributed by atoms with van der Waals surface area (Å²) in [5.41, 5.74) is 0.820. The number of rotatable bonds is 5. The van der Waals surface area contributed by atoms with Gasteiger partial charge in [-0.05, 0) is 31.1 Å². The van der Waals surface area contributed by atoms with Crippen molar-refractivity contribution < 1.29 is 14.0 Å². The first kappa shape index (κ1) is 13.9. The van der Waals surface area contributed by atoms with Gasteiger partial charge in [0, 0.05) is 17.5 Å². The molecule has 6 heteroatoms. The Balaban J connectivity index is 1.88. The third-order valence-electron chi connectivity index (χ3n) is 3.96. The highest BCUT2D eigenvalue weighted by Gasteiger charge is 2.29. The van der Waals surface area contributed by atoms with E-state index in [1.54, 1.807) is 14.2 Å². The molecular weight excluding hydrogens is 270 g/mol. The Hall–Kier alpha value is -2.08. The lowest BCUT2D eigenvalue weighted by atomic mass is 9.89. The summed E-state index contributed by atoms with van der Waals surface area (Å²) in [6.07, 6.45) is 0. The van der Waals surface area contributed by atoms with Gasteiger partial charge in [-0.1, -0.05) is 12.1 Å². The molecule has 1 N–H and O–H groups in total. The van der Waals surface area contributed by atoms with Crippen LogP contribution in [0.15, 0.2) is 22.7 Å². The van der Waals surface area contributed by atoms with Crippen molar-refractivity contribution in [3.63, 3.8) is 0 Å². The Labute approximate surface area is 123 Å². The van der Waals surface area contributed by atoms with Crippen molar-refractivity contribution in [2.75, 3.05) is 27.3 Å². The number of benzene rings is 1. The Morgan fingerprint density at radius 2 is 1.86 bits per heavy atom. The van der Waals surface area contributed by atoms with E-state index in [1.807, 2.05) is 18.2 Å². The molecule has 0 radical (unpaired) electrons. The molecule has 0 spiro atoms. The molecule has 1 aliphatic rings. The quantitative estimate of drug-likeness (QED) is 0.908. The molecule has 1 saturated heterocycles. The molecule has 1 aliphatic heterocycles. The van der Waals surface area contributed by atoms with Crippen molar-refractivity contribution in [3.05, 3.63) is 24.1 Å². The molecule has 6 nitrogen and oxygen atoms in total. The molecule has 2 heterocycles. The van der Waals surface area contributed by atoms with Gasteiger partial charge < -0.3 is 19.3 Å². The average Bonchev–Trinajstić information content (AvgIpc) is 2.94. The topological polar surface area (TPSA) is 69.4 Å². The number of hydrogen-bond acceptors (Lipinski definition) is 6. The summed E-state index contributed by atoms with van der Waals surface area (Å²) in [6.45, 7) is 4.13. The van der Waals surface area contributed by atoms with E-state index >= 15 is 0 Å². The van der Waals surface area contributed by atoms with E-state index in [9.17, 15) is 0 Å². The zero-order valence-electron chi connectivity index (χ0n) is 12.4. The molecule has 112 valence electrons. The molecule has 0 saturated carbocycles. The van der Waals surface area contributed by atoms with Crippen LogP contribution in [0.25, 0.3) is 11.4 Å². The first-order chi connectivity index (χ1) is 10.2. The van der Waals surface area contributed by atoms with Crippen LogP contribution in [-0.4, -0.2) is 37.4 Å². The van der Waals surface area contributed by atoms with Crippen LogP contribution in [0.4, 0.5) is 0 Å². The SMILES string of the molecule is COc1cc(OC)cc(-c2noc(C(C)C3CNC3)n2)c1. The molecule has 2 aromatic rings. The fraction of sp³-hybridized carbons (Fsp3) is 0.467. The Bertz CT molecular complexity index is 600. The van der Waals surface area contributed by atoms with E-state index in [2.05, 4.69) is 22.4 Å². The molecule has 0 aliphatic carbocycles. The van der Waals surface area contributed by atoms with Crippen molar-refractivity contribution in [3.8, 4) is 22.9 Å². The summed E-state index contributed by atoms with van der Waals surface area (Å²) in [4.78, 5) is 4.52. The summed E-state index contributed by atoms with van der Waals surface area (Å²) in [5, 5.41) is 7.34. The van der Waals surface area contributed by atoms with E-state index < -0.39 is 0 Å². The van der Waals surface area contributed by atoms with Crippen molar-refractivity contribution in [1.82, 2.24) is 15.5 Å². The van der Waals surface area contributed by atoms with Gasteiger partial charge in [-0.2, -0.15) is 4.98 Å². The lowest BCUT2D eigenvalue weighted by molar-refractivity contribution is 0.252. The third kappa shape index (κ3) is 2.71. The van der Waals surface area contributed by atoms with Crippen LogP contribution in [0.1, 0.15) is 18.7 Å². The molecule has 0 amide bonds. The molecule has 1 unspecified atom stereocenters. The van der Waals surface area contributed by atoms with E-state index in [1.165, 1.54) is 0 Å². The van der Waals surface area contributed by atoms with Gasteiger partial charge in [0.2, 0.25) is 11.7 Å². The maximum atomic E-state index is 5.41. The van der Waals surface area contributed by atoms with Gasteiger partial charge in [-0.25, -0.2) is 0 Å². The number of ether oxygens (including phenoxy) is 2. The second-order valence-corrected chi connectivity index (χ2v) is 5.26. The molecular formula is C15H19N3O3. The molecule has 3 rings (SSSR count). The number of aromatic nitrogens is 2. The maximum Gasteiger partial charge on any atom is 0.230 e. The average molecular weight is 289 g/mol. The number of nitrogens with zero attached hydrogens (tertiary/aromatic N) is 2. The number of methoxy groups -OCH3 is 2. The Kier molecular flexibility index (Phi) is 3.79. The molecule has 1 atom stereocenters. The van der Waals surface area contributed by atoms with Crippen LogP contribution >= 0.6 is 0 Å². The van der Waals surface area contributed by atoms with Gasteiger partial charge in [0.25, 0.3) is 0 Å². The van der Waals surface area contributed by atoms with Gasteiger partial charge in [0.15, 0.2) is 0 Å². The minimum atomic E-state index is 0.264. The lowest BCUT2D eigenvalue weighted by Crippen LogP contribution is -2.44. The number of nitrogens with one attached hydrogen (secondary N) is 1. The normalized spacial score (nSPS) is 16.3. The Morgan fingerprint density at radius 1 is 1.19 bits per heavy atom. The minimum Gasteiger partial charge on any atom is -0.497 e. The molecule has 0 bridgehead atoms. The first-order valence-electron chi connectivity index (χ1n) is 6.99. The molecule has 21 heavy (non-hydrogen) atoms. The fourth-order valence-electron chi connectivity index (χ4n) is 2.34. The summed E-state index contributed by atoms with van der Waals surface area (Å²) < 4.78 is 15.9. The maximum absolute atomic E-state index is 5.41. The largest absolute Gasteiger partial charge is 0.497 e. The predicted octanol–water partition coefficient (Wildman–Crippen LogP) is 2.08. The lowest BCUT2D eigenvalue weighted by Gasteiger charge is -2.30. The van der Waals surface area contributed by atoms with Crippen LogP contribution in [0.3, 0.4) is 0 Å². The van der Waals surface area contributed by atoms with E-state index in [0.717, 1.165) is 18.7 Å². The van der Waals surface area contributed by atoms with Crippen LogP contribution < -0.4 is 14.8 Å². The van der Waals surface area contributed by atoms with Crippen molar-refractivity contribution >= 4 is 0 Å². The summed E-state index contributed by atoms with van der Waals surface area (Å²) in [7, 11) is 3.23. The first-order valence-corrected chi connectivity index (χ1v) is 6.99. The van der Waals surface area contributed by atoms with Gasteiger partial charge in [0.1, 0.15) is 11.5 Å². The zero-order chi connectivity index (χ0) is 14.8. The van der Waals surface area contributed by atoms with Gasteiger partial charge in [-0.15, -0.1) is 0 Å². The third-order valence-corrected chi connectivity index (χ3v) is 3.96. The molecule has 1 fully saturated rings. The van der Waals surface area contributed by atoms with E-state index in [4.69, 9.17) is 14.0 Å². The van der Waals surface area contributed by atoms with Crippen LogP contribution in [0, 0.1) is 5.92 Å². The highest BCUT2D eigenvalue weighted by molar-refractivity contribution is 5.60. The smallest absolute Gasteiger partial charge is 0.230 e. The standard InChI is InChI=1S/C15H19N3O3/c1-9(11-7-16-8-11)15-17-14(18-21-15)10-4-12(19-2)6-13(5-10)20-3/h4-6,9,11,16H,7-8H2,1-3H3. The molecule has 1 aromatic heterocycles. The van der Waals surface area contributed by atoms with Crippen LogP contribution in [0.2, 0.25) is 0 Å². The van der Waals surface area contributed by atoms with Crippen molar-refractivity contribution in [1.29, 1.82) is 0 Å². The minimum absolute atomic E-state index is 0.264. The van der Waals surface area contributed by atoms with Crippen LogP contribution in [-0.2, 0) is 0 Å². The molecule has 1 aromatic carbocycles. The highest BCUT2D eigenvalue weighted by atomic mass is 16.5. The number of hydrogen-bond donors (Lipinski definition) is 1. The Morgan fingerprint density at radius 3 is 2.38 bits per heavy atom. The van der Waals surface area contributed by atoms with Gasteiger partial charge in [0.05, 0.1) is 14.2 Å². The van der Waals surface area contributed by atoms with Crippen molar-refractivity contribution in [2.24, 2.45) is 5.92 Å². The van der Waals surface area contributed by atoms with E-state index in [0.29, 0.717) is 29.1 Å². The second kappa shape index (κ2) is 5.73. The fourth-order valence-corrected chi connectivity index (χ4v) is 2.34. The van der Waals surface area contributed by atoms with Crippen molar-refractivity contribution in [2.45, 2.75) is 12.8 Å². The van der Waals surface area contributed by atoms with Gasteiger partial charge >= 0.3 is 0 Å². The monoisotopic (exact) mass is 289 g/mol. The van der Waals surface area contributed by atoms with Crippen LogP contribution in [0.5, 0.6) is 11.5 Å². The second-order valence-electron chi connectivity index (χ2n) is 5.26. The summed E-state index contributed by atoms with van der Waals surface area (Å²) >= 11 is 0. The summed E-state index contributed by atoms with van der Waals surface area (Å²) in [6, 6.07) is 5.55. The van der Waals surface area contributed by atoms with Gasteiger partial charge in [-0.3, -0.25) is 0 Å². The van der Waals surface area contributed by atoms with E-state index in [-0.39, 0.29) is 5.92 Å². The zero-order valence-corrected chi connectivity index (χ0v) is 12.4. The predicted molar refractivity (Wildman–Crippen MR) is 77.6 cm³/mol. The highest BCUT2D eigenvalue weighted by Crippen LogP contribution is 2.31.